The number of benzene rings is 8. The third-order valence-electron chi connectivity index (χ3n) is 15.1. The summed E-state index contributed by atoms with van der Waals surface area (Å²) in [6.45, 7) is 0. The molecule has 0 aliphatic carbocycles. The van der Waals surface area contributed by atoms with Crippen molar-refractivity contribution in [1.29, 1.82) is 0 Å². The third kappa shape index (κ3) is 7.40. The molecule has 18 rings (SSSR count). The van der Waals surface area contributed by atoms with E-state index in [1.54, 1.807) is 0 Å². The zero-order valence-corrected chi connectivity index (χ0v) is 45.6. The summed E-state index contributed by atoms with van der Waals surface area (Å²) in [5, 5.41) is 21.8. The molecule has 0 atom stereocenters. The molecule has 4 aliphatic heterocycles. The number of hydrogen-bond acceptors (Lipinski definition) is 8. The average Bonchev–Trinajstić information content (AvgIpc) is 4.61. The van der Waals surface area contributed by atoms with Crippen LogP contribution in [0, 0.1) is 0 Å². The Morgan fingerprint density at radius 3 is 0.728 bits per heavy atom. The molecule has 81 heavy (non-hydrogen) atoms. The van der Waals surface area contributed by atoms with Gasteiger partial charge in [-0.25, -0.2) is 39.9 Å². The van der Waals surface area contributed by atoms with Crippen LogP contribution in [0.5, 0.6) is 0 Å². The molecule has 6 N–H and O–H groups in total. The van der Waals surface area contributed by atoms with E-state index in [1.807, 2.05) is 146 Å². The first-order valence-electron chi connectivity index (χ1n) is 26.1. The summed E-state index contributed by atoms with van der Waals surface area (Å²) < 4.78 is 0. The monoisotopic (exact) mass is 1090 g/mol. The fourth-order valence-electron chi connectivity index (χ4n) is 11.3. The summed E-state index contributed by atoms with van der Waals surface area (Å²) in [4.78, 5) is 60.9. The third-order valence-corrected chi connectivity index (χ3v) is 15.1. The predicted octanol–water partition coefficient (Wildman–Crippen LogP) is 13.8. The fourth-order valence-corrected chi connectivity index (χ4v) is 11.3. The van der Waals surface area contributed by atoms with Crippen molar-refractivity contribution in [2.45, 2.75) is 0 Å². The van der Waals surface area contributed by atoms with E-state index >= 15 is 0 Å². The zero-order chi connectivity index (χ0) is 52.4. The second-order valence-corrected chi connectivity index (χ2v) is 19.7. The Hall–Kier alpha value is -10.9. The van der Waals surface area contributed by atoms with Crippen LogP contribution in [0.4, 0.5) is 46.5 Å². The van der Waals surface area contributed by atoms with E-state index in [0.29, 0.717) is 68.6 Å². The van der Waals surface area contributed by atoms with Gasteiger partial charge >= 0.3 is 19.5 Å². The van der Waals surface area contributed by atoms with E-state index in [2.05, 4.69) is 78.4 Å². The molecular weight excluding hydrogens is 1060 g/mol. The van der Waals surface area contributed by atoms with Crippen molar-refractivity contribution >= 4 is 135 Å². The Bertz CT molecular complexity index is 5070. The van der Waals surface area contributed by atoms with Crippen LogP contribution in [-0.2, 0) is 19.5 Å². The first-order chi connectivity index (χ1) is 39.6. The van der Waals surface area contributed by atoms with E-state index in [4.69, 9.17) is 50.6 Å². The van der Waals surface area contributed by atoms with Gasteiger partial charge in [-0.2, -0.15) is 0 Å². The van der Waals surface area contributed by atoms with Crippen LogP contribution in [-0.4, -0.2) is 53.2 Å². The van der Waals surface area contributed by atoms with Gasteiger partial charge in [0.25, 0.3) is 0 Å². The molecule has 8 aromatic carbocycles. The molecule has 16 bridgehead atoms. The molecule has 14 aromatic rings. The number of hydrogen-bond donors (Lipinski definition) is 6. The molecule has 0 unspecified atom stereocenters. The molecule has 6 aromatic heterocycles. The largest absolute Gasteiger partial charge is 2.00 e. The minimum Gasteiger partial charge on any atom is -0.398 e. The Balaban J connectivity index is 0.000000132. The number of fused-ring (bicyclic) bond motifs is 38. The number of aromatic amines is 6. The molecule has 0 radical (unpaired) electrons. The van der Waals surface area contributed by atoms with Gasteiger partial charge in [-0.3, -0.25) is 0 Å². The summed E-state index contributed by atoms with van der Waals surface area (Å²) in [5.74, 6) is 8.14. The van der Waals surface area contributed by atoms with Gasteiger partial charge in [-0.05, 0) is 21.5 Å². The smallest absolute Gasteiger partial charge is 0.398 e. The molecule has 0 saturated heterocycles. The number of aliphatic imine (C=N–C) groups is 4. The molecular formula is C64H38N16Zn. The van der Waals surface area contributed by atoms with Crippen molar-refractivity contribution in [2.24, 2.45) is 39.9 Å². The molecule has 17 heteroatoms. The topological polar surface area (TPSA) is 222 Å². The quantitative estimate of drug-likeness (QED) is 0.0781. The van der Waals surface area contributed by atoms with Gasteiger partial charge < -0.3 is 40.5 Å². The summed E-state index contributed by atoms with van der Waals surface area (Å²) in [6, 6.07) is 64.9. The van der Waals surface area contributed by atoms with E-state index in [0.717, 1.165) is 110 Å². The zero-order valence-electron chi connectivity index (χ0n) is 42.7. The Morgan fingerprint density at radius 2 is 0.432 bits per heavy atom. The second kappa shape index (κ2) is 18.1. The second-order valence-electron chi connectivity index (χ2n) is 19.7. The molecule has 376 valence electrons. The molecule has 0 amide bonds. The van der Waals surface area contributed by atoms with Gasteiger partial charge in [0.2, 0.25) is 0 Å². The first-order valence-corrected chi connectivity index (χ1v) is 26.1. The fraction of sp³-hybridized carbons (Fsp3) is 0. The van der Waals surface area contributed by atoms with Crippen LogP contribution in [0.1, 0.15) is 22.3 Å². The summed E-state index contributed by atoms with van der Waals surface area (Å²) in [7, 11) is 0. The van der Waals surface area contributed by atoms with Gasteiger partial charge in [-0.1, -0.05) is 194 Å². The summed E-state index contributed by atoms with van der Waals surface area (Å²) in [6.07, 6.45) is 0. The SMILES string of the molecule is [Zn+2].c1ccc2c(c1)C1=NC2=Nc2[nH]c(c3ccccc23)[N-]c2[nH]c(c3ccccc23)/N=c2\[nH]c(c3ccccc23)=N1.c1ccc2c(c1)C1=NC2=Nc2[nH]c(c3ccccc23)[N-]c2[nH]c(c3ccccc23)/N=c2\[nH]c(c3ccccc23)=N1. The normalized spacial score (nSPS) is 14.6. The van der Waals surface area contributed by atoms with Gasteiger partial charge in [0, 0.05) is 88.6 Å². The Kier molecular flexibility index (Phi) is 10.3. The van der Waals surface area contributed by atoms with E-state index in [1.165, 1.54) is 0 Å². The van der Waals surface area contributed by atoms with Crippen molar-refractivity contribution in [3.05, 3.63) is 249 Å². The van der Waals surface area contributed by atoms with Crippen LogP contribution >= 0.6 is 0 Å². The van der Waals surface area contributed by atoms with E-state index in [9.17, 15) is 0 Å². The predicted molar refractivity (Wildman–Crippen MR) is 317 cm³/mol. The van der Waals surface area contributed by atoms with Crippen LogP contribution in [0.15, 0.2) is 234 Å². The van der Waals surface area contributed by atoms with Crippen molar-refractivity contribution in [2.75, 3.05) is 0 Å². The van der Waals surface area contributed by atoms with Crippen molar-refractivity contribution in [3.8, 4) is 0 Å². The minimum atomic E-state index is 0. The van der Waals surface area contributed by atoms with Crippen molar-refractivity contribution in [3.63, 3.8) is 0 Å². The average molecular weight is 1100 g/mol. The molecule has 0 fully saturated rings. The standard InChI is InChI=1S/2C32H19N8.Zn/c2*1-2-10-18-17(9-1)25-33-26(18)38-28-21-13-5-6-14-22(21)30(35-28)40-32-24-16-8-7-15-23(24)31(36-32)39-29-20-12-4-3-11-19(20)27(34-29)37-25;/h2*1-16,33-34H,(H,35,36,38,39,40);/q2*-1;+2. The van der Waals surface area contributed by atoms with Crippen LogP contribution in [0.2, 0.25) is 0 Å². The Labute approximate surface area is 470 Å². The summed E-state index contributed by atoms with van der Waals surface area (Å²) in [5.41, 5.74) is 6.56. The maximum Gasteiger partial charge on any atom is 2.00 e. The maximum atomic E-state index is 5.07. The van der Waals surface area contributed by atoms with Gasteiger partial charge in [0.05, 0.1) is 23.3 Å². The summed E-state index contributed by atoms with van der Waals surface area (Å²) >= 11 is 0. The molecule has 10 heterocycles. The number of H-pyrrole nitrogens is 6. The van der Waals surface area contributed by atoms with Crippen LogP contribution in [0.3, 0.4) is 0 Å². The number of rotatable bonds is 0. The number of amidine groups is 4. The van der Waals surface area contributed by atoms with Gasteiger partial charge in [-0.15, -0.1) is 0 Å². The molecule has 0 saturated carbocycles. The number of nitrogens with one attached hydrogen (secondary N) is 6. The maximum absolute atomic E-state index is 5.07. The van der Waals surface area contributed by atoms with E-state index < -0.39 is 0 Å². The van der Waals surface area contributed by atoms with Crippen molar-refractivity contribution < 1.29 is 19.5 Å². The van der Waals surface area contributed by atoms with Crippen LogP contribution in [0.25, 0.3) is 75.3 Å². The van der Waals surface area contributed by atoms with Gasteiger partial charge in [0.15, 0.2) is 23.3 Å². The minimum absolute atomic E-state index is 0. The molecule has 16 nitrogen and oxygen atoms in total. The molecule has 4 aliphatic rings. The number of aromatic nitrogens is 6. The van der Waals surface area contributed by atoms with Gasteiger partial charge in [0.1, 0.15) is 22.0 Å². The van der Waals surface area contributed by atoms with Crippen molar-refractivity contribution in [1.82, 2.24) is 29.9 Å². The van der Waals surface area contributed by atoms with Crippen LogP contribution < -0.4 is 22.0 Å². The number of nitrogens with zero attached hydrogens (tertiary/aromatic N) is 10. The Morgan fingerprint density at radius 1 is 0.210 bits per heavy atom. The first kappa shape index (κ1) is 46.2. The van der Waals surface area contributed by atoms with E-state index in [-0.39, 0.29) is 19.5 Å². The molecule has 0 spiro atoms.